The zero-order chi connectivity index (χ0) is 16.0. The lowest BCUT2D eigenvalue weighted by Crippen LogP contribution is -2.39. The summed E-state index contributed by atoms with van der Waals surface area (Å²) in [6.07, 6.45) is 0.980. The molecule has 1 aliphatic rings. The summed E-state index contributed by atoms with van der Waals surface area (Å²) < 4.78 is 0. The number of carboxylic acid groups (broad SMARTS) is 1. The van der Waals surface area contributed by atoms with Crippen molar-refractivity contribution in [2.75, 3.05) is 32.7 Å². The Hall–Kier alpha value is -1.63. The van der Waals surface area contributed by atoms with Crippen molar-refractivity contribution in [1.29, 1.82) is 0 Å². The lowest BCUT2D eigenvalue weighted by atomic mass is 9.85. The molecule has 1 fully saturated rings. The van der Waals surface area contributed by atoms with E-state index in [9.17, 15) is 14.4 Å². The molecule has 120 valence electrons. The number of carbonyl (C=O) groups excluding carboxylic acids is 2. The zero-order valence-electron chi connectivity index (χ0n) is 12.8. The summed E-state index contributed by atoms with van der Waals surface area (Å²) in [4.78, 5) is 37.7. The Balaban J connectivity index is 2.51. The molecule has 21 heavy (non-hydrogen) atoms. The first-order valence-corrected chi connectivity index (χ1v) is 7.20. The number of hydrogen-bond donors (Lipinski definition) is 2. The monoisotopic (exact) mass is 299 g/mol. The average Bonchev–Trinajstić information content (AvgIpc) is 2.51. The van der Waals surface area contributed by atoms with Crippen LogP contribution in [0.4, 0.5) is 0 Å². The van der Waals surface area contributed by atoms with Crippen molar-refractivity contribution < 1.29 is 19.5 Å². The molecule has 0 atom stereocenters. The van der Waals surface area contributed by atoms with Crippen LogP contribution in [0.3, 0.4) is 0 Å². The topological polar surface area (TPSA) is 104 Å². The smallest absolute Gasteiger partial charge is 0.303 e. The summed E-state index contributed by atoms with van der Waals surface area (Å²) >= 11 is 0. The zero-order valence-corrected chi connectivity index (χ0v) is 12.8. The molecule has 0 unspecified atom stereocenters. The van der Waals surface area contributed by atoms with E-state index in [0.717, 1.165) is 13.0 Å². The van der Waals surface area contributed by atoms with Crippen molar-refractivity contribution >= 4 is 17.8 Å². The van der Waals surface area contributed by atoms with E-state index in [1.165, 1.54) is 0 Å². The van der Waals surface area contributed by atoms with Crippen LogP contribution in [-0.2, 0) is 14.4 Å². The molecule has 0 aromatic rings. The van der Waals surface area contributed by atoms with Crippen molar-refractivity contribution in [3.8, 4) is 0 Å². The van der Waals surface area contributed by atoms with Crippen LogP contribution in [0.15, 0.2) is 0 Å². The maximum atomic E-state index is 12.3. The van der Waals surface area contributed by atoms with Crippen LogP contribution < -0.4 is 5.73 Å². The molecule has 3 N–H and O–H groups in total. The number of hydrogen-bond acceptors (Lipinski definition) is 4. The molecule has 1 rings (SSSR count). The lowest BCUT2D eigenvalue weighted by Gasteiger charge is -2.27. The Morgan fingerprint density at radius 2 is 1.76 bits per heavy atom. The van der Waals surface area contributed by atoms with E-state index in [2.05, 4.69) is 0 Å². The summed E-state index contributed by atoms with van der Waals surface area (Å²) in [6, 6.07) is 0. The van der Waals surface area contributed by atoms with Crippen LogP contribution in [0.5, 0.6) is 0 Å². The predicted molar refractivity (Wildman–Crippen MR) is 77.5 cm³/mol. The van der Waals surface area contributed by atoms with E-state index in [4.69, 9.17) is 10.8 Å². The quantitative estimate of drug-likeness (QED) is 0.712. The molecule has 1 heterocycles. The molecule has 0 radical (unpaired) electrons. The van der Waals surface area contributed by atoms with Gasteiger partial charge in [0.1, 0.15) is 0 Å². The molecule has 0 bridgehead atoms. The second-order valence-electron chi connectivity index (χ2n) is 6.39. The SMILES string of the molecule is CC(C)(CC(=O)O)CC(=O)N1CCCN(CC(N)=O)CC1. The van der Waals surface area contributed by atoms with Gasteiger partial charge in [-0.2, -0.15) is 0 Å². The Morgan fingerprint density at radius 3 is 2.33 bits per heavy atom. The Labute approximate surface area is 125 Å². The van der Waals surface area contributed by atoms with Crippen LogP contribution in [-0.4, -0.2) is 65.4 Å². The predicted octanol–water partition coefficient (Wildman–Crippen LogP) is -0.103. The molecule has 0 aliphatic carbocycles. The van der Waals surface area contributed by atoms with Crippen LogP contribution in [0.2, 0.25) is 0 Å². The van der Waals surface area contributed by atoms with Gasteiger partial charge in [-0.25, -0.2) is 0 Å². The summed E-state index contributed by atoms with van der Waals surface area (Å²) in [5.74, 6) is -1.28. The normalized spacial score (nSPS) is 17.3. The first-order chi connectivity index (χ1) is 9.69. The fraction of sp³-hybridized carbons (Fsp3) is 0.786. The maximum absolute atomic E-state index is 12.3. The molecule has 0 spiro atoms. The molecule has 7 nitrogen and oxygen atoms in total. The maximum Gasteiger partial charge on any atom is 0.303 e. The molecule has 1 aliphatic heterocycles. The molecule has 0 aromatic carbocycles. The van der Waals surface area contributed by atoms with Crippen LogP contribution in [0.1, 0.15) is 33.1 Å². The van der Waals surface area contributed by atoms with E-state index in [1.54, 1.807) is 18.7 Å². The standard InChI is InChI=1S/C14H25N3O4/c1-14(2,9-13(20)21)8-12(19)17-5-3-4-16(6-7-17)10-11(15)18/h3-10H2,1-2H3,(H2,15,18)(H,20,21). The number of amides is 2. The van der Waals surface area contributed by atoms with Crippen LogP contribution >= 0.6 is 0 Å². The fourth-order valence-electron chi connectivity index (χ4n) is 2.59. The highest BCUT2D eigenvalue weighted by molar-refractivity contribution is 5.78. The molecular weight excluding hydrogens is 274 g/mol. The molecule has 0 aromatic heterocycles. The van der Waals surface area contributed by atoms with Crippen molar-refractivity contribution in [2.45, 2.75) is 33.1 Å². The number of nitrogens with two attached hydrogens (primary N) is 1. The van der Waals surface area contributed by atoms with Gasteiger partial charge in [0.25, 0.3) is 0 Å². The molecule has 7 heteroatoms. The van der Waals surface area contributed by atoms with Crippen LogP contribution in [0, 0.1) is 5.41 Å². The largest absolute Gasteiger partial charge is 0.481 e. The third-order valence-corrected chi connectivity index (χ3v) is 3.58. The third-order valence-electron chi connectivity index (χ3n) is 3.58. The number of rotatable bonds is 6. The molecule has 1 saturated heterocycles. The first kappa shape index (κ1) is 17.4. The Morgan fingerprint density at radius 1 is 1.10 bits per heavy atom. The minimum atomic E-state index is -0.892. The lowest BCUT2D eigenvalue weighted by molar-refractivity contribution is -0.140. The van der Waals surface area contributed by atoms with Gasteiger partial charge in [0.15, 0.2) is 0 Å². The first-order valence-electron chi connectivity index (χ1n) is 7.20. The van der Waals surface area contributed by atoms with E-state index in [0.29, 0.717) is 19.6 Å². The van der Waals surface area contributed by atoms with Gasteiger partial charge in [0, 0.05) is 32.6 Å². The van der Waals surface area contributed by atoms with Gasteiger partial charge in [-0.15, -0.1) is 0 Å². The van der Waals surface area contributed by atoms with Gasteiger partial charge in [-0.05, 0) is 11.8 Å². The van der Waals surface area contributed by atoms with E-state index in [-0.39, 0.29) is 31.2 Å². The van der Waals surface area contributed by atoms with E-state index in [1.807, 2.05) is 4.90 Å². The Kier molecular flexibility index (Phi) is 6.14. The number of aliphatic carboxylic acids is 1. The van der Waals surface area contributed by atoms with Gasteiger partial charge in [-0.1, -0.05) is 13.8 Å². The fourth-order valence-corrected chi connectivity index (χ4v) is 2.59. The van der Waals surface area contributed by atoms with Gasteiger partial charge >= 0.3 is 5.97 Å². The molecule has 0 saturated carbocycles. The minimum absolute atomic E-state index is 0.0258. The summed E-state index contributed by atoms with van der Waals surface area (Å²) in [7, 11) is 0. The van der Waals surface area contributed by atoms with Crippen LogP contribution in [0.25, 0.3) is 0 Å². The summed E-state index contributed by atoms with van der Waals surface area (Å²) in [5.41, 5.74) is 4.63. The van der Waals surface area contributed by atoms with Crippen molar-refractivity contribution in [3.63, 3.8) is 0 Å². The van der Waals surface area contributed by atoms with Crippen molar-refractivity contribution in [1.82, 2.24) is 9.80 Å². The summed E-state index contributed by atoms with van der Waals surface area (Å²) in [5, 5.41) is 8.86. The van der Waals surface area contributed by atoms with Crippen molar-refractivity contribution in [3.05, 3.63) is 0 Å². The molecular formula is C14H25N3O4. The number of carbonyl (C=O) groups is 3. The van der Waals surface area contributed by atoms with E-state index >= 15 is 0 Å². The van der Waals surface area contributed by atoms with Gasteiger partial charge in [0.05, 0.1) is 13.0 Å². The number of nitrogens with zero attached hydrogens (tertiary/aromatic N) is 2. The second kappa shape index (κ2) is 7.40. The number of carboxylic acids is 1. The van der Waals surface area contributed by atoms with Gasteiger partial charge in [-0.3, -0.25) is 19.3 Å². The third kappa shape index (κ3) is 6.57. The summed E-state index contributed by atoms with van der Waals surface area (Å²) in [6.45, 7) is 6.34. The number of primary amides is 1. The second-order valence-corrected chi connectivity index (χ2v) is 6.39. The highest BCUT2D eigenvalue weighted by Gasteiger charge is 2.28. The Bertz CT molecular complexity index is 409. The van der Waals surface area contributed by atoms with Crippen molar-refractivity contribution in [2.24, 2.45) is 11.1 Å². The highest BCUT2D eigenvalue weighted by Crippen LogP contribution is 2.26. The molecule has 2 amide bonds. The minimum Gasteiger partial charge on any atom is -0.481 e. The van der Waals surface area contributed by atoms with Gasteiger partial charge in [0.2, 0.25) is 11.8 Å². The van der Waals surface area contributed by atoms with E-state index < -0.39 is 11.4 Å². The highest BCUT2D eigenvalue weighted by atomic mass is 16.4. The average molecular weight is 299 g/mol. The van der Waals surface area contributed by atoms with Gasteiger partial charge < -0.3 is 15.7 Å².